The van der Waals surface area contributed by atoms with E-state index >= 15 is 0 Å². The number of hydrogen-bond donors (Lipinski definition) is 1. The van der Waals surface area contributed by atoms with Gasteiger partial charge in [0.15, 0.2) is 11.5 Å². The summed E-state index contributed by atoms with van der Waals surface area (Å²) >= 11 is 6.58. The third kappa shape index (κ3) is 4.69. The van der Waals surface area contributed by atoms with Crippen molar-refractivity contribution in [1.82, 2.24) is 0 Å². The first-order chi connectivity index (χ1) is 14.7. The fraction of sp³-hybridized carbons (Fsp3) is 0.154. The van der Waals surface area contributed by atoms with Crippen molar-refractivity contribution in [2.24, 2.45) is 0 Å². The van der Waals surface area contributed by atoms with Crippen LogP contribution in [0.5, 0.6) is 11.5 Å². The number of hydrogen-bond acceptors (Lipinski definition) is 3. The van der Waals surface area contributed by atoms with Gasteiger partial charge < -0.3 is 14.8 Å². The maximum absolute atomic E-state index is 6.58. The van der Waals surface area contributed by atoms with Crippen molar-refractivity contribution in [2.45, 2.75) is 20.1 Å². The van der Waals surface area contributed by atoms with Crippen LogP contribution in [0.4, 0.5) is 5.69 Å². The van der Waals surface area contributed by atoms with Crippen LogP contribution < -0.4 is 14.8 Å². The van der Waals surface area contributed by atoms with E-state index in [1.54, 1.807) is 0 Å². The monoisotopic (exact) mass is 417 g/mol. The summed E-state index contributed by atoms with van der Waals surface area (Å²) in [4.78, 5) is 0. The number of anilines is 1. The maximum Gasteiger partial charge on any atom is 0.180 e. The summed E-state index contributed by atoms with van der Waals surface area (Å²) in [7, 11) is 0. The van der Waals surface area contributed by atoms with Crippen molar-refractivity contribution in [1.29, 1.82) is 0 Å². The molecule has 30 heavy (non-hydrogen) atoms. The second-order valence-corrected chi connectivity index (χ2v) is 7.40. The second-order valence-electron chi connectivity index (χ2n) is 6.99. The minimum Gasteiger partial charge on any atom is -0.490 e. The largest absolute Gasteiger partial charge is 0.490 e. The molecule has 4 aromatic rings. The standard InChI is InChI=1S/C26H24ClNO2/c1-2-29-25-16-20(15-23(27)26(25)30-18-19-9-4-3-5-10-19)17-28-24-14-8-12-21-11-6-7-13-22(21)24/h3-16,28H,2,17-18H2,1H3. The van der Waals surface area contributed by atoms with Crippen LogP contribution in [0.25, 0.3) is 10.8 Å². The first-order valence-electron chi connectivity index (χ1n) is 10.1. The fourth-order valence-electron chi connectivity index (χ4n) is 3.43. The van der Waals surface area contributed by atoms with Gasteiger partial charge in [-0.1, -0.05) is 78.3 Å². The lowest BCUT2D eigenvalue weighted by atomic mass is 10.1. The lowest BCUT2D eigenvalue weighted by Gasteiger charge is -2.16. The normalized spacial score (nSPS) is 10.7. The predicted molar refractivity (Wildman–Crippen MR) is 125 cm³/mol. The Morgan fingerprint density at radius 3 is 2.40 bits per heavy atom. The number of halogens is 1. The van der Waals surface area contributed by atoms with Gasteiger partial charge in [0.25, 0.3) is 0 Å². The molecule has 0 saturated carbocycles. The molecule has 0 bridgehead atoms. The Bertz CT molecular complexity index is 1120. The molecule has 4 rings (SSSR count). The van der Waals surface area contributed by atoms with Gasteiger partial charge in [-0.05, 0) is 41.6 Å². The Balaban J connectivity index is 1.53. The molecule has 152 valence electrons. The van der Waals surface area contributed by atoms with Crippen LogP contribution >= 0.6 is 11.6 Å². The zero-order valence-electron chi connectivity index (χ0n) is 16.9. The summed E-state index contributed by atoms with van der Waals surface area (Å²) < 4.78 is 11.8. The van der Waals surface area contributed by atoms with Gasteiger partial charge in [-0.15, -0.1) is 0 Å². The molecule has 0 amide bonds. The van der Waals surface area contributed by atoms with Crippen molar-refractivity contribution < 1.29 is 9.47 Å². The van der Waals surface area contributed by atoms with Crippen LogP contribution in [-0.2, 0) is 13.2 Å². The SMILES string of the molecule is CCOc1cc(CNc2cccc3ccccc23)cc(Cl)c1OCc1ccccc1. The first-order valence-corrected chi connectivity index (χ1v) is 10.5. The third-order valence-electron chi connectivity index (χ3n) is 4.87. The van der Waals surface area contributed by atoms with E-state index in [1.807, 2.05) is 49.4 Å². The topological polar surface area (TPSA) is 30.5 Å². The van der Waals surface area contributed by atoms with Crippen LogP contribution in [-0.4, -0.2) is 6.61 Å². The number of ether oxygens (including phenoxy) is 2. The zero-order chi connectivity index (χ0) is 20.8. The Labute approximate surface area is 182 Å². The molecule has 0 aliphatic heterocycles. The molecule has 4 heteroatoms. The summed E-state index contributed by atoms with van der Waals surface area (Å²) in [5, 5.41) is 6.47. The third-order valence-corrected chi connectivity index (χ3v) is 5.15. The van der Waals surface area contributed by atoms with Gasteiger partial charge in [-0.2, -0.15) is 0 Å². The average molecular weight is 418 g/mol. The molecular weight excluding hydrogens is 394 g/mol. The second kappa shape index (κ2) is 9.55. The number of nitrogens with one attached hydrogen (secondary N) is 1. The van der Waals surface area contributed by atoms with E-state index in [4.69, 9.17) is 21.1 Å². The molecule has 0 aliphatic carbocycles. The van der Waals surface area contributed by atoms with Gasteiger partial charge >= 0.3 is 0 Å². The maximum atomic E-state index is 6.58. The van der Waals surface area contributed by atoms with E-state index in [2.05, 4.69) is 47.8 Å². The molecule has 0 saturated heterocycles. The molecule has 0 unspecified atom stereocenters. The Kier molecular flexibility index (Phi) is 6.41. The van der Waals surface area contributed by atoms with Gasteiger partial charge in [0.05, 0.1) is 11.6 Å². The fourth-order valence-corrected chi connectivity index (χ4v) is 3.72. The molecule has 0 heterocycles. The highest BCUT2D eigenvalue weighted by atomic mass is 35.5. The molecule has 0 aliphatic rings. The lowest BCUT2D eigenvalue weighted by molar-refractivity contribution is 0.269. The Morgan fingerprint density at radius 2 is 1.57 bits per heavy atom. The van der Waals surface area contributed by atoms with Gasteiger partial charge in [0, 0.05) is 17.6 Å². The van der Waals surface area contributed by atoms with Crippen molar-refractivity contribution in [3.63, 3.8) is 0 Å². The molecular formula is C26H24ClNO2. The quantitative estimate of drug-likeness (QED) is 0.332. The lowest BCUT2D eigenvalue weighted by Crippen LogP contribution is -2.04. The van der Waals surface area contributed by atoms with Crippen molar-refractivity contribution in [2.75, 3.05) is 11.9 Å². The van der Waals surface area contributed by atoms with Crippen molar-refractivity contribution >= 4 is 28.1 Å². The molecule has 0 aromatic heterocycles. The van der Waals surface area contributed by atoms with Gasteiger partial charge in [-0.3, -0.25) is 0 Å². The Hall–Kier alpha value is -3.17. The van der Waals surface area contributed by atoms with E-state index in [0.29, 0.717) is 36.3 Å². The molecule has 1 N–H and O–H groups in total. The highest BCUT2D eigenvalue weighted by molar-refractivity contribution is 6.32. The van der Waals surface area contributed by atoms with Crippen LogP contribution in [0, 0.1) is 0 Å². The number of benzene rings is 4. The van der Waals surface area contributed by atoms with Gasteiger partial charge in [0.2, 0.25) is 0 Å². The van der Waals surface area contributed by atoms with Crippen molar-refractivity contribution in [3.8, 4) is 11.5 Å². The van der Waals surface area contributed by atoms with E-state index in [1.165, 1.54) is 10.8 Å². The number of fused-ring (bicyclic) bond motifs is 1. The van der Waals surface area contributed by atoms with E-state index in [9.17, 15) is 0 Å². The van der Waals surface area contributed by atoms with Gasteiger partial charge in [-0.25, -0.2) is 0 Å². The molecule has 0 atom stereocenters. The van der Waals surface area contributed by atoms with Crippen LogP contribution in [0.2, 0.25) is 5.02 Å². The predicted octanol–water partition coefficient (Wildman–Crippen LogP) is 7.08. The minimum absolute atomic E-state index is 0.439. The smallest absolute Gasteiger partial charge is 0.180 e. The molecule has 4 aromatic carbocycles. The van der Waals surface area contributed by atoms with Crippen LogP contribution in [0.3, 0.4) is 0 Å². The van der Waals surface area contributed by atoms with E-state index in [0.717, 1.165) is 16.8 Å². The van der Waals surface area contributed by atoms with E-state index in [-0.39, 0.29) is 0 Å². The summed E-state index contributed by atoms with van der Waals surface area (Å²) in [5.74, 6) is 1.24. The summed E-state index contributed by atoms with van der Waals surface area (Å²) in [6.07, 6.45) is 0. The average Bonchev–Trinajstić information content (AvgIpc) is 2.78. The van der Waals surface area contributed by atoms with Crippen LogP contribution in [0.15, 0.2) is 84.9 Å². The number of rotatable bonds is 8. The molecule has 0 spiro atoms. The molecule has 0 fully saturated rings. The highest BCUT2D eigenvalue weighted by Crippen LogP contribution is 2.37. The summed E-state index contributed by atoms with van der Waals surface area (Å²) in [6.45, 7) is 3.56. The minimum atomic E-state index is 0.439. The Morgan fingerprint density at radius 1 is 0.800 bits per heavy atom. The van der Waals surface area contributed by atoms with Crippen LogP contribution in [0.1, 0.15) is 18.1 Å². The van der Waals surface area contributed by atoms with E-state index < -0.39 is 0 Å². The molecule has 3 nitrogen and oxygen atoms in total. The first kappa shape index (κ1) is 20.1. The van der Waals surface area contributed by atoms with Gasteiger partial charge in [0.1, 0.15) is 6.61 Å². The summed E-state index contributed by atoms with van der Waals surface area (Å²) in [6, 6.07) is 28.5. The highest BCUT2D eigenvalue weighted by Gasteiger charge is 2.13. The zero-order valence-corrected chi connectivity index (χ0v) is 17.7. The molecule has 0 radical (unpaired) electrons. The van der Waals surface area contributed by atoms with Crippen molar-refractivity contribution in [3.05, 3.63) is 101 Å². The summed E-state index contributed by atoms with van der Waals surface area (Å²) in [5.41, 5.74) is 3.20.